The van der Waals surface area contributed by atoms with Gasteiger partial charge in [0, 0.05) is 23.8 Å². The normalized spacial score (nSPS) is 15.1. The molecule has 1 amide bonds. The van der Waals surface area contributed by atoms with Gasteiger partial charge in [-0.25, -0.2) is 8.42 Å². The highest BCUT2D eigenvalue weighted by Gasteiger charge is 2.27. The molecule has 1 saturated heterocycles. The van der Waals surface area contributed by atoms with Crippen molar-refractivity contribution in [2.75, 3.05) is 18.4 Å². The molecule has 0 radical (unpaired) electrons. The minimum Gasteiger partial charge on any atom is -0.325 e. The zero-order chi connectivity index (χ0) is 20.6. The van der Waals surface area contributed by atoms with E-state index in [0.29, 0.717) is 34.0 Å². The van der Waals surface area contributed by atoms with Crippen LogP contribution in [0.15, 0.2) is 52.2 Å². The Hall–Kier alpha value is -2.20. The van der Waals surface area contributed by atoms with Crippen LogP contribution >= 0.6 is 22.9 Å². The van der Waals surface area contributed by atoms with Crippen LogP contribution in [0.25, 0.3) is 10.2 Å². The number of halogens is 1. The fraction of sp³-hybridized carbons (Fsp3) is 0.263. The van der Waals surface area contributed by atoms with Crippen molar-refractivity contribution in [3.05, 3.63) is 57.2 Å². The molecule has 1 N–H and O–H groups in total. The summed E-state index contributed by atoms with van der Waals surface area (Å²) in [6, 6.07) is 11.3. The Morgan fingerprint density at radius 1 is 1.10 bits per heavy atom. The fourth-order valence-electron chi connectivity index (χ4n) is 3.31. The smallest absolute Gasteiger partial charge is 0.308 e. The van der Waals surface area contributed by atoms with Gasteiger partial charge in [-0.15, -0.1) is 0 Å². The van der Waals surface area contributed by atoms with E-state index in [1.54, 1.807) is 30.3 Å². The van der Waals surface area contributed by atoms with Gasteiger partial charge in [0.1, 0.15) is 6.54 Å². The van der Waals surface area contributed by atoms with E-state index in [0.717, 1.165) is 24.2 Å². The van der Waals surface area contributed by atoms with E-state index in [9.17, 15) is 18.0 Å². The van der Waals surface area contributed by atoms with E-state index in [1.165, 1.54) is 21.0 Å². The van der Waals surface area contributed by atoms with Gasteiger partial charge in [-0.3, -0.25) is 14.2 Å². The number of aromatic nitrogens is 1. The lowest BCUT2D eigenvalue weighted by Gasteiger charge is -2.15. The Kier molecular flexibility index (Phi) is 5.48. The minimum atomic E-state index is -3.56. The molecule has 152 valence electrons. The molecule has 0 bridgehead atoms. The quantitative estimate of drug-likeness (QED) is 0.645. The number of thiazole rings is 1. The van der Waals surface area contributed by atoms with E-state index in [1.807, 2.05) is 0 Å². The second-order valence-corrected chi connectivity index (χ2v) is 10.1. The van der Waals surface area contributed by atoms with Crippen molar-refractivity contribution in [1.82, 2.24) is 8.87 Å². The summed E-state index contributed by atoms with van der Waals surface area (Å²) in [5.74, 6) is -0.358. The highest BCUT2D eigenvalue weighted by molar-refractivity contribution is 7.89. The number of carbonyl (C=O) groups excluding carboxylic acids is 1. The highest BCUT2D eigenvalue weighted by atomic mass is 35.5. The number of sulfonamides is 1. The molecule has 1 fully saturated rings. The molecule has 2 aromatic carbocycles. The Morgan fingerprint density at radius 2 is 1.79 bits per heavy atom. The van der Waals surface area contributed by atoms with Crippen LogP contribution in [-0.4, -0.2) is 36.3 Å². The van der Waals surface area contributed by atoms with Crippen LogP contribution in [0.2, 0.25) is 5.02 Å². The maximum atomic E-state index is 12.7. The average molecular weight is 452 g/mol. The van der Waals surface area contributed by atoms with Crippen molar-refractivity contribution in [2.45, 2.75) is 24.3 Å². The molecule has 4 rings (SSSR count). The molecule has 1 aromatic heterocycles. The molecular formula is C19H18ClN3O4S2. The molecule has 7 nitrogen and oxygen atoms in total. The number of carbonyl (C=O) groups is 1. The summed E-state index contributed by atoms with van der Waals surface area (Å²) >= 11 is 6.76. The SMILES string of the molecule is O=C(Cn1c(=O)sc2cc(S(=O)(=O)N3CCCC3)ccc21)Nc1ccc(Cl)cc1. The van der Waals surface area contributed by atoms with Crippen molar-refractivity contribution < 1.29 is 13.2 Å². The molecular weight excluding hydrogens is 434 g/mol. The van der Waals surface area contributed by atoms with Crippen molar-refractivity contribution in [3.63, 3.8) is 0 Å². The topological polar surface area (TPSA) is 88.5 Å². The number of benzene rings is 2. The predicted molar refractivity (Wildman–Crippen MR) is 114 cm³/mol. The number of hydrogen-bond donors (Lipinski definition) is 1. The first kappa shape index (κ1) is 20.1. The van der Waals surface area contributed by atoms with Gasteiger partial charge >= 0.3 is 4.87 Å². The van der Waals surface area contributed by atoms with Crippen LogP contribution in [0.5, 0.6) is 0 Å². The van der Waals surface area contributed by atoms with Crippen molar-refractivity contribution in [3.8, 4) is 0 Å². The zero-order valence-corrected chi connectivity index (χ0v) is 17.7. The molecule has 0 saturated carbocycles. The van der Waals surface area contributed by atoms with Crippen molar-refractivity contribution in [2.24, 2.45) is 0 Å². The summed E-state index contributed by atoms with van der Waals surface area (Å²) in [5, 5.41) is 3.27. The molecule has 3 aromatic rings. The third-order valence-electron chi connectivity index (χ3n) is 4.77. The van der Waals surface area contributed by atoms with Gasteiger partial charge in [0.15, 0.2) is 0 Å². The first-order chi connectivity index (χ1) is 13.8. The van der Waals surface area contributed by atoms with E-state index in [2.05, 4.69) is 5.32 Å². The summed E-state index contributed by atoms with van der Waals surface area (Å²) < 4.78 is 28.8. The molecule has 29 heavy (non-hydrogen) atoms. The standard InChI is InChI=1S/C19H18ClN3O4S2/c20-13-3-5-14(6-4-13)21-18(24)12-23-16-8-7-15(11-17(16)28-19(23)25)29(26,27)22-9-1-2-10-22/h3-8,11H,1-2,9-10,12H2,(H,21,24). The first-order valence-electron chi connectivity index (χ1n) is 9.03. The van der Waals surface area contributed by atoms with Crippen LogP contribution in [-0.2, 0) is 21.4 Å². The Bertz CT molecular complexity index is 1230. The van der Waals surface area contributed by atoms with Crippen LogP contribution in [0, 0.1) is 0 Å². The van der Waals surface area contributed by atoms with Crippen LogP contribution < -0.4 is 10.2 Å². The number of amides is 1. The summed E-state index contributed by atoms with van der Waals surface area (Å²) in [6.45, 7) is 0.866. The Labute approximate surface area is 176 Å². The van der Waals surface area contributed by atoms with Gasteiger partial charge in [-0.1, -0.05) is 22.9 Å². The van der Waals surface area contributed by atoms with Crippen LogP contribution in [0.1, 0.15) is 12.8 Å². The molecule has 0 unspecified atom stereocenters. The number of fused-ring (bicyclic) bond motifs is 1. The number of nitrogens with one attached hydrogen (secondary N) is 1. The number of anilines is 1. The van der Waals surface area contributed by atoms with E-state index < -0.39 is 10.0 Å². The second-order valence-electron chi connectivity index (χ2n) is 6.75. The van der Waals surface area contributed by atoms with Gasteiger partial charge < -0.3 is 5.32 Å². The van der Waals surface area contributed by atoms with E-state index >= 15 is 0 Å². The maximum absolute atomic E-state index is 12.7. The molecule has 1 aliphatic heterocycles. The number of hydrogen-bond acceptors (Lipinski definition) is 5. The molecule has 0 atom stereocenters. The molecule has 0 spiro atoms. The number of nitrogens with zero attached hydrogens (tertiary/aromatic N) is 2. The lowest BCUT2D eigenvalue weighted by Crippen LogP contribution is -2.27. The summed E-state index contributed by atoms with van der Waals surface area (Å²) in [7, 11) is -3.56. The number of rotatable bonds is 5. The minimum absolute atomic E-state index is 0.167. The van der Waals surface area contributed by atoms with Crippen LogP contribution in [0.3, 0.4) is 0 Å². The zero-order valence-electron chi connectivity index (χ0n) is 15.3. The molecule has 0 aliphatic carbocycles. The molecule has 10 heteroatoms. The summed E-state index contributed by atoms with van der Waals surface area (Å²) in [4.78, 5) is 24.6. The summed E-state index contributed by atoms with van der Waals surface area (Å²) in [5.41, 5.74) is 1.11. The fourth-order valence-corrected chi connectivity index (χ4v) is 5.99. The molecule has 2 heterocycles. The van der Waals surface area contributed by atoms with Crippen LogP contribution in [0.4, 0.5) is 5.69 Å². The monoisotopic (exact) mass is 451 g/mol. The van der Waals surface area contributed by atoms with Gasteiger partial charge in [0.25, 0.3) is 0 Å². The van der Waals surface area contributed by atoms with Crippen molar-refractivity contribution in [1.29, 1.82) is 0 Å². The predicted octanol–water partition coefficient (Wildman–Crippen LogP) is 3.14. The van der Waals surface area contributed by atoms with Gasteiger partial charge in [-0.05, 0) is 55.3 Å². The van der Waals surface area contributed by atoms with E-state index in [-0.39, 0.29) is 22.2 Å². The van der Waals surface area contributed by atoms with Gasteiger partial charge in [0.05, 0.1) is 15.1 Å². The lowest BCUT2D eigenvalue weighted by atomic mass is 10.3. The second kappa shape index (κ2) is 7.91. The Balaban J connectivity index is 1.59. The Morgan fingerprint density at radius 3 is 2.48 bits per heavy atom. The average Bonchev–Trinajstić information content (AvgIpc) is 3.32. The lowest BCUT2D eigenvalue weighted by molar-refractivity contribution is -0.116. The van der Waals surface area contributed by atoms with Crippen molar-refractivity contribution >= 4 is 54.8 Å². The van der Waals surface area contributed by atoms with Gasteiger partial charge in [0.2, 0.25) is 15.9 Å². The largest absolute Gasteiger partial charge is 0.325 e. The van der Waals surface area contributed by atoms with Gasteiger partial charge in [-0.2, -0.15) is 4.31 Å². The van der Waals surface area contributed by atoms with E-state index in [4.69, 9.17) is 11.6 Å². The highest BCUT2D eigenvalue weighted by Crippen LogP contribution is 2.26. The summed E-state index contributed by atoms with van der Waals surface area (Å²) in [6.07, 6.45) is 1.71. The maximum Gasteiger partial charge on any atom is 0.308 e. The molecule has 1 aliphatic rings. The third-order valence-corrected chi connectivity index (χ3v) is 7.86. The first-order valence-corrected chi connectivity index (χ1v) is 11.7. The third kappa shape index (κ3) is 4.09.